The van der Waals surface area contributed by atoms with E-state index >= 15 is 0 Å². The van der Waals surface area contributed by atoms with E-state index in [-0.39, 0.29) is 29.4 Å². The SMILES string of the molecule is CCC(NCC1CCS(=O)(=O)C1)C(N)=O. The van der Waals surface area contributed by atoms with Gasteiger partial charge in [0.2, 0.25) is 5.91 Å². The summed E-state index contributed by atoms with van der Waals surface area (Å²) in [6.45, 7) is 2.43. The van der Waals surface area contributed by atoms with Gasteiger partial charge in [-0.1, -0.05) is 6.92 Å². The number of carbonyl (C=O) groups excluding carboxylic acids is 1. The zero-order chi connectivity index (χ0) is 11.5. The van der Waals surface area contributed by atoms with Crippen LogP contribution in [0.5, 0.6) is 0 Å². The molecule has 0 aliphatic carbocycles. The molecule has 1 saturated heterocycles. The van der Waals surface area contributed by atoms with Gasteiger partial charge in [-0.15, -0.1) is 0 Å². The molecule has 0 saturated carbocycles. The Balaban J connectivity index is 2.35. The monoisotopic (exact) mass is 234 g/mol. The van der Waals surface area contributed by atoms with Gasteiger partial charge >= 0.3 is 0 Å². The molecule has 0 radical (unpaired) electrons. The molecule has 1 rings (SSSR count). The van der Waals surface area contributed by atoms with Crippen molar-refractivity contribution in [2.24, 2.45) is 11.7 Å². The van der Waals surface area contributed by atoms with E-state index in [2.05, 4.69) is 5.32 Å². The first-order valence-corrected chi connectivity index (χ1v) is 7.00. The average molecular weight is 234 g/mol. The van der Waals surface area contributed by atoms with E-state index in [0.717, 1.165) is 0 Å². The lowest BCUT2D eigenvalue weighted by Gasteiger charge is -2.15. The van der Waals surface area contributed by atoms with Crippen LogP contribution in [0.25, 0.3) is 0 Å². The number of carbonyl (C=O) groups is 1. The highest BCUT2D eigenvalue weighted by molar-refractivity contribution is 7.91. The lowest BCUT2D eigenvalue weighted by atomic mass is 10.1. The average Bonchev–Trinajstić information content (AvgIpc) is 2.46. The summed E-state index contributed by atoms with van der Waals surface area (Å²) in [6.07, 6.45) is 1.32. The van der Waals surface area contributed by atoms with E-state index in [4.69, 9.17) is 5.73 Å². The van der Waals surface area contributed by atoms with Crippen LogP contribution in [0.4, 0.5) is 0 Å². The summed E-state index contributed by atoms with van der Waals surface area (Å²) < 4.78 is 22.3. The summed E-state index contributed by atoms with van der Waals surface area (Å²) in [4.78, 5) is 10.9. The molecule has 88 valence electrons. The maximum absolute atomic E-state index is 11.2. The largest absolute Gasteiger partial charge is 0.368 e. The van der Waals surface area contributed by atoms with Crippen LogP contribution in [-0.4, -0.2) is 38.4 Å². The zero-order valence-electron chi connectivity index (χ0n) is 8.90. The second-order valence-corrected chi connectivity index (χ2v) is 6.27. The van der Waals surface area contributed by atoms with Gasteiger partial charge in [0.1, 0.15) is 0 Å². The highest BCUT2D eigenvalue weighted by Crippen LogP contribution is 2.17. The minimum Gasteiger partial charge on any atom is -0.368 e. The molecule has 0 aromatic heterocycles. The van der Waals surface area contributed by atoms with Crippen molar-refractivity contribution in [1.82, 2.24) is 5.32 Å². The molecule has 2 atom stereocenters. The Kier molecular flexibility index (Phi) is 4.10. The molecular weight excluding hydrogens is 216 g/mol. The summed E-state index contributed by atoms with van der Waals surface area (Å²) in [6, 6.07) is -0.340. The molecule has 2 unspecified atom stereocenters. The predicted molar refractivity (Wildman–Crippen MR) is 58.0 cm³/mol. The standard InChI is InChI=1S/C9H18N2O3S/c1-2-8(9(10)12)11-5-7-3-4-15(13,14)6-7/h7-8,11H,2-6H2,1H3,(H2,10,12). The van der Waals surface area contributed by atoms with Crippen molar-refractivity contribution in [3.05, 3.63) is 0 Å². The molecule has 0 spiro atoms. The van der Waals surface area contributed by atoms with Crippen molar-refractivity contribution < 1.29 is 13.2 Å². The van der Waals surface area contributed by atoms with Gasteiger partial charge in [0.05, 0.1) is 17.5 Å². The molecule has 1 heterocycles. The fourth-order valence-electron chi connectivity index (χ4n) is 1.79. The van der Waals surface area contributed by atoms with Crippen LogP contribution in [0.3, 0.4) is 0 Å². The zero-order valence-corrected chi connectivity index (χ0v) is 9.72. The fraction of sp³-hybridized carbons (Fsp3) is 0.889. The van der Waals surface area contributed by atoms with E-state index in [9.17, 15) is 13.2 Å². The third-order valence-corrected chi connectivity index (χ3v) is 4.57. The first-order valence-electron chi connectivity index (χ1n) is 5.17. The van der Waals surface area contributed by atoms with Crippen molar-refractivity contribution in [3.63, 3.8) is 0 Å². The van der Waals surface area contributed by atoms with Crippen molar-refractivity contribution in [3.8, 4) is 0 Å². The van der Waals surface area contributed by atoms with Crippen LogP contribution in [0.1, 0.15) is 19.8 Å². The molecule has 0 aromatic rings. The van der Waals surface area contributed by atoms with Gasteiger partial charge in [0.25, 0.3) is 0 Å². The Hall–Kier alpha value is -0.620. The minimum atomic E-state index is -2.83. The Morgan fingerprint density at radius 2 is 2.27 bits per heavy atom. The molecule has 3 N–H and O–H groups in total. The fourth-order valence-corrected chi connectivity index (χ4v) is 3.65. The van der Waals surface area contributed by atoms with Crippen LogP contribution >= 0.6 is 0 Å². The van der Waals surface area contributed by atoms with E-state index in [1.54, 1.807) is 0 Å². The molecule has 0 bridgehead atoms. The third kappa shape index (κ3) is 3.79. The number of hydrogen-bond donors (Lipinski definition) is 2. The lowest BCUT2D eigenvalue weighted by Crippen LogP contribution is -2.42. The number of amides is 1. The van der Waals surface area contributed by atoms with Gasteiger partial charge in [0, 0.05) is 0 Å². The summed E-state index contributed by atoms with van der Waals surface area (Å²) >= 11 is 0. The van der Waals surface area contributed by atoms with Crippen molar-refractivity contribution in [2.75, 3.05) is 18.1 Å². The van der Waals surface area contributed by atoms with Gasteiger partial charge in [-0.25, -0.2) is 8.42 Å². The number of rotatable bonds is 5. The molecule has 0 aromatic carbocycles. The maximum atomic E-state index is 11.2. The molecule has 1 amide bonds. The first-order chi connectivity index (χ1) is 6.94. The Morgan fingerprint density at radius 3 is 2.67 bits per heavy atom. The van der Waals surface area contributed by atoms with Gasteiger partial charge in [0.15, 0.2) is 9.84 Å². The summed E-state index contributed by atoms with van der Waals surface area (Å²) in [5.74, 6) is 0.254. The predicted octanol–water partition coefficient (Wildman–Crippen LogP) is -0.725. The summed E-state index contributed by atoms with van der Waals surface area (Å²) in [5, 5.41) is 3.01. The summed E-state index contributed by atoms with van der Waals surface area (Å²) in [5.41, 5.74) is 5.17. The molecule has 1 fully saturated rings. The third-order valence-electron chi connectivity index (χ3n) is 2.73. The van der Waals surface area contributed by atoms with Crippen molar-refractivity contribution in [1.29, 1.82) is 0 Å². The van der Waals surface area contributed by atoms with Crippen LogP contribution in [-0.2, 0) is 14.6 Å². The maximum Gasteiger partial charge on any atom is 0.234 e. The van der Waals surface area contributed by atoms with E-state index < -0.39 is 9.84 Å². The molecule has 1 aliphatic rings. The van der Waals surface area contributed by atoms with Gasteiger partial charge in [-0.3, -0.25) is 4.79 Å². The molecular formula is C9H18N2O3S. The van der Waals surface area contributed by atoms with Crippen LogP contribution in [0.15, 0.2) is 0 Å². The minimum absolute atomic E-state index is 0.128. The molecule has 15 heavy (non-hydrogen) atoms. The van der Waals surface area contributed by atoms with Crippen LogP contribution in [0.2, 0.25) is 0 Å². The number of nitrogens with one attached hydrogen (secondary N) is 1. The number of hydrogen-bond acceptors (Lipinski definition) is 4. The number of primary amides is 1. The lowest BCUT2D eigenvalue weighted by molar-refractivity contribution is -0.120. The number of sulfone groups is 1. The second kappa shape index (κ2) is 4.94. The smallest absolute Gasteiger partial charge is 0.234 e. The topological polar surface area (TPSA) is 89.3 Å². The highest BCUT2D eigenvalue weighted by atomic mass is 32.2. The van der Waals surface area contributed by atoms with Crippen molar-refractivity contribution in [2.45, 2.75) is 25.8 Å². The van der Waals surface area contributed by atoms with E-state index in [1.807, 2.05) is 6.92 Å². The Morgan fingerprint density at radius 1 is 1.60 bits per heavy atom. The molecule has 1 aliphatic heterocycles. The number of nitrogens with two attached hydrogens (primary N) is 1. The Labute approximate surface area is 90.3 Å². The van der Waals surface area contributed by atoms with Gasteiger partial charge < -0.3 is 11.1 Å². The normalized spacial score (nSPS) is 26.3. The highest BCUT2D eigenvalue weighted by Gasteiger charge is 2.28. The van der Waals surface area contributed by atoms with Gasteiger partial charge in [-0.05, 0) is 25.3 Å². The Bertz CT molecular complexity index is 326. The second-order valence-electron chi connectivity index (χ2n) is 4.04. The summed E-state index contributed by atoms with van der Waals surface area (Å²) in [7, 11) is -2.83. The van der Waals surface area contributed by atoms with Crippen molar-refractivity contribution >= 4 is 15.7 Å². The van der Waals surface area contributed by atoms with Crippen LogP contribution < -0.4 is 11.1 Å². The molecule has 5 nitrogen and oxygen atoms in total. The quantitative estimate of drug-likeness (QED) is 0.656. The molecule has 6 heteroatoms. The van der Waals surface area contributed by atoms with E-state index in [0.29, 0.717) is 19.4 Å². The van der Waals surface area contributed by atoms with E-state index in [1.165, 1.54) is 0 Å². The first kappa shape index (κ1) is 12.4. The van der Waals surface area contributed by atoms with Gasteiger partial charge in [-0.2, -0.15) is 0 Å². The van der Waals surface area contributed by atoms with Crippen LogP contribution in [0, 0.1) is 5.92 Å².